The van der Waals surface area contributed by atoms with Crippen LogP contribution in [0.1, 0.15) is 17.5 Å². The summed E-state index contributed by atoms with van der Waals surface area (Å²) in [6, 6.07) is 19.7. The third-order valence-corrected chi connectivity index (χ3v) is 5.66. The summed E-state index contributed by atoms with van der Waals surface area (Å²) < 4.78 is 9.94. The van der Waals surface area contributed by atoms with Crippen LogP contribution in [-0.2, 0) is 27.4 Å². The minimum Gasteiger partial charge on any atom is -0.497 e. The number of rotatable bonds is 7. The van der Waals surface area contributed by atoms with E-state index < -0.39 is 23.9 Å². The van der Waals surface area contributed by atoms with E-state index in [1.807, 2.05) is 54.6 Å². The molecule has 7 nitrogen and oxygen atoms in total. The van der Waals surface area contributed by atoms with E-state index in [1.165, 1.54) is 16.9 Å². The molecular formula is C25H24N2O5. The van der Waals surface area contributed by atoms with Crippen LogP contribution in [0.15, 0.2) is 66.7 Å². The van der Waals surface area contributed by atoms with Crippen molar-refractivity contribution in [2.24, 2.45) is 0 Å². The van der Waals surface area contributed by atoms with Crippen LogP contribution in [0.4, 0.5) is 4.79 Å². The van der Waals surface area contributed by atoms with E-state index in [1.54, 1.807) is 19.2 Å². The Morgan fingerprint density at radius 2 is 1.56 bits per heavy atom. The van der Waals surface area contributed by atoms with E-state index in [0.717, 1.165) is 21.9 Å². The van der Waals surface area contributed by atoms with E-state index in [4.69, 9.17) is 9.47 Å². The van der Waals surface area contributed by atoms with Crippen LogP contribution in [0.5, 0.6) is 5.75 Å². The molecule has 0 radical (unpaired) electrons. The predicted molar refractivity (Wildman–Crippen MR) is 119 cm³/mol. The number of esters is 1. The summed E-state index contributed by atoms with van der Waals surface area (Å²) in [4.78, 5) is 41.0. The second-order valence-electron chi connectivity index (χ2n) is 7.66. The van der Waals surface area contributed by atoms with E-state index in [-0.39, 0.29) is 19.5 Å². The number of ether oxygens (including phenoxy) is 2. The Kier molecular flexibility index (Phi) is 6.07. The summed E-state index contributed by atoms with van der Waals surface area (Å²) in [5, 5.41) is 2.12. The lowest BCUT2D eigenvalue weighted by atomic mass is 10.1. The number of fused-ring (bicyclic) bond motifs is 1. The first-order valence-corrected chi connectivity index (χ1v) is 10.3. The molecule has 0 saturated carbocycles. The zero-order valence-electron chi connectivity index (χ0n) is 18.0. The third kappa shape index (κ3) is 4.27. The Labute approximate surface area is 186 Å². The quantitative estimate of drug-likeness (QED) is 0.420. The van der Waals surface area contributed by atoms with E-state index in [2.05, 4.69) is 0 Å². The summed E-state index contributed by atoms with van der Waals surface area (Å²) in [5.41, 5.74) is 1.67. The van der Waals surface area contributed by atoms with E-state index in [0.29, 0.717) is 5.75 Å². The van der Waals surface area contributed by atoms with Gasteiger partial charge in [-0.1, -0.05) is 48.5 Å². The molecule has 32 heavy (non-hydrogen) atoms. The summed E-state index contributed by atoms with van der Waals surface area (Å²) in [5.74, 6) is -0.243. The predicted octanol–water partition coefficient (Wildman–Crippen LogP) is 3.74. The molecule has 1 saturated heterocycles. The number of urea groups is 1. The van der Waals surface area contributed by atoms with Crippen molar-refractivity contribution in [2.75, 3.05) is 14.2 Å². The molecule has 0 bridgehead atoms. The summed E-state index contributed by atoms with van der Waals surface area (Å²) in [6.45, 7) is 0.337. The number of carbonyl (C=O) groups excluding carboxylic acids is 3. The molecule has 1 unspecified atom stereocenters. The van der Waals surface area contributed by atoms with Gasteiger partial charge in [0.25, 0.3) is 5.91 Å². The fourth-order valence-electron chi connectivity index (χ4n) is 3.91. The Morgan fingerprint density at radius 1 is 0.875 bits per heavy atom. The maximum Gasteiger partial charge on any atom is 0.328 e. The summed E-state index contributed by atoms with van der Waals surface area (Å²) >= 11 is 0. The number of methoxy groups -OCH3 is 2. The van der Waals surface area contributed by atoms with Crippen molar-refractivity contribution in [3.05, 3.63) is 77.9 Å². The van der Waals surface area contributed by atoms with Gasteiger partial charge in [0.05, 0.1) is 27.2 Å². The van der Waals surface area contributed by atoms with Crippen molar-refractivity contribution in [1.29, 1.82) is 0 Å². The molecule has 0 aromatic heterocycles. The van der Waals surface area contributed by atoms with Crippen molar-refractivity contribution >= 4 is 28.7 Å². The molecule has 3 amide bonds. The van der Waals surface area contributed by atoms with Gasteiger partial charge in [-0.3, -0.25) is 14.5 Å². The molecule has 1 heterocycles. The van der Waals surface area contributed by atoms with Crippen LogP contribution in [0.2, 0.25) is 0 Å². The Bertz CT molecular complexity index is 1160. The zero-order chi connectivity index (χ0) is 22.7. The second kappa shape index (κ2) is 9.09. The molecule has 1 atom stereocenters. The highest BCUT2D eigenvalue weighted by Gasteiger charge is 2.46. The molecule has 1 fully saturated rings. The van der Waals surface area contributed by atoms with Crippen LogP contribution in [-0.4, -0.2) is 48.0 Å². The molecule has 1 aliphatic heterocycles. The fourth-order valence-corrected chi connectivity index (χ4v) is 3.91. The van der Waals surface area contributed by atoms with Crippen LogP contribution in [0.3, 0.4) is 0 Å². The number of amides is 3. The minimum absolute atomic E-state index is 0.138. The third-order valence-electron chi connectivity index (χ3n) is 5.66. The molecule has 3 aromatic carbocycles. The molecule has 0 spiro atoms. The normalized spacial score (nSPS) is 16.0. The number of imide groups is 1. The Morgan fingerprint density at radius 3 is 2.25 bits per heavy atom. The van der Waals surface area contributed by atoms with Crippen molar-refractivity contribution < 1.29 is 23.9 Å². The Hall–Kier alpha value is -3.87. The average molecular weight is 432 g/mol. The first-order valence-electron chi connectivity index (χ1n) is 10.3. The van der Waals surface area contributed by atoms with Gasteiger partial charge in [0, 0.05) is 6.54 Å². The van der Waals surface area contributed by atoms with Gasteiger partial charge in [-0.2, -0.15) is 0 Å². The first kappa shape index (κ1) is 21.4. The van der Waals surface area contributed by atoms with Gasteiger partial charge in [0.15, 0.2) is 0 Å². The molecular weight excluding hydrogens is 408 g/mol. The monoisotopic (exact) mass is 432 g/mol. The van der Waals surface area contributed by atoms with Crippen LogP contribution in [0, 0.1) is 0 Å². The molecule has 7 heteroatoms. The topological polar surface area (TPSA) is 76.2 Å². The first-order chi connectivity index (χ1) is 15.5. The van der Waals surface area contributed by atoms with Gasteiger partial charge in [0.1, 0.15) is 11.8 Å². The maximum atomic E-state index is 13.2. The average Bonchev–Trinajstić information content (AvgIpc) is 3.03. The molecule has 164 valence electrons. The summed E-state index contributed by atoms with van der Waals surface area (Å²) in [7, 11) is 2.85. The highest BCUT2D eigenvalue weighted by Crippen LogP contribution is 2.26. The SMILES string of the molecule is COC(=O)CC1C(=O)N(Cc2ccc3ccccc3c2)C(=O)N1Cc1ccc(OC)cc1. The number of carbonyl (C=O) groups is 3. The molecule has 1 aliphatic rings. The highest BCUT2D eigenvalue weighted by atomic mass is 16.5. The lowest BCUT2D eigenvalue weighted by Gasteiger charge is -2.21. The van der Waals surface area contributed by atoms with Crippen molar-refractivity contribution in [3.8, 4) is 5.75 Å². The smallest absolute Gasteiger partial charge is 0.328 e. The molecule has 3 aromatic rings. The van der Waals surface area contributed by atoms with E-state index >= 15 is 0 Å². The van der Waals surface area contributed by atoms with Crippen molar-refractivity contribution in [3.63, 3.8) is 0 Å². The van der Waals surface area contributed by atoms with Crippen molar-refractivity contribution in [2.45, 2.75) is 25.6 Å². The van der Waals surface area contributed by atoms with Gasteiger partial charge >= 0.3 is 12.0 Å². The zero-order valence-corrected chi connectivity index (χ0v) is 18.0. The maximum absolute atomic E-state index is 13.2. The largest absolute Gasteiger partial charge is 0.497 e. The minimum atomic E-state index is -0.905. The van der Waals surface area contributed by atoms with Gasteiger partial charge in [-0.15, -0.1) is 0 Å². The van der Waals surface area contributed by atoms with Gasteiger partial charge in [0.2, 0.25) is 0 Å². The van der Waals surface area contributed by atoms with Gasteiger partial charge < -0.3 is 14.4 Å². The van der Waals surface area contributed by atoms with Gasteiger partial charge in [-0.05, 0) is 40.1 Å². The van der Waals surface area contributed by atoms with Crippen LogP contribution in [0.25, 0.3) is 10.8 Å². The number of nitrogens with zero attached hydrogens (tertiary/aromatic N) is 2. The molecule has 0 N–H and O–H groups in total. The lowest BCUT2D eigenvalue weighted by molar-refractivity contribution is -0.144. The number of hydrogen-bond donors (Lipinski definition) is 0. The highest BCUT2D eigenvalue weighted by molar-refractivity contribution is 6.05. The Balaban J connectivity index is 1.59. The molecule has 0 aliphatic carbocycles. The standard InChI is InChI=1S/C25H24N2O5/c1-31-21-11-8-17(9-12-21)15-26-22(14-23(28)32-2)24(29)27(25(26)30)16-18-7-10-19-5-3-4-6-20(19)13-18/h3-13,22H,14-16H2,1-2H3. The van der Waals surface area contributed by atoms with Crippen LogP contribution >= 0.6 is 0 Å². The van der Waals surface area contributed by atoms with E-state index in [9.17, 15) is 14.4 Å². The summed E-state index contributed by atoms with van der Waals surface area (Å²) in [6.07, 6.45) is -0.189. The molecule has 4 rings (SSSR count). The number of hydrogen-bond acceptors (Lipinski definition) is 5. The van der Waals surface area contributed by atoms with Crippen molar-refractivity contribution in [1.82, 2.24) is 9.80 Å². The lowest BCUT2D eigenvalue weighted by Crippen LogP contribution is -2.36. The second-order valence-corrected chi connectivity index (χ2v) is 7.66. The van der Waals surface area contributed by atoms with Crippen LogP contribution < -0.4 is 4.74 Å². The van der Waals surface area contributed by atoms with Gasteiger partial charge in [-0.25, -0.2) is 4.79 Å². The fraction of sp³-hybridized carbons (Fsp3) is 0.240. The number of benzene rings is 3.